The van der Waals surface area contributed by atoms with Gasteiger partial charge in [-0.15, -0.1) is 0 Å². The van der Waals surface area contributed by atoms with Crippen LogP contribution < -0.4 is 0 Å². The largest absolute Gasteiger partial charge is 0.341 e. The Morgan fingerprint density at radius 2 is 1.70 bits per heavy atom. The van der Waals surface area contributed by atoms with Crippen LogP contribution >= 0.6 is 0 Å². The van der Waals surface area contributed by atoms with Gasteiger partial charge in [-0.2, -0.15) is 0 Å². The van der Waals surface area contributed by atoms with Gasteiger partial charge in [0.15, 0.2) is 0 Å². The molecule has 0 saturated heterocycles. The zero-order valence-electron chi connectivity index (χ0n) is 26.2. The monoisotopic (exact) mass is 582 g/mol. The van der Waals surface area contributed by atoms with E-state index >= 15 is 0 Å². The lowest BCUT2D eigenvalue weighted by molar-refractivity contribution is 0.528. The minimum Gasteiger partial charge on any atom is -0.341 e. The molecule has 0 unspecified atom stereocenters. The number of rotatable bonds is 10. The van der Waals surface area contributed by atoms with Gasteiger partial charge in [-0.25, -0.2) is 0 Å². The third kappa shape index (κ3) is 7.90. The summed E-state index contributed by atoms with van der Waals surface area (Å²) in [5.74, 6) is 0.274. The molecule has 0 aliphatic carbocycles. The molecule has 0 bridgehead atoms. The smallest absolute Gasteiger partial charge is 0.0906 e. The standard InChI is InChI=1S/C38H42N6/c1-28(2)24-32(27-40)34-25-31(26-35(43-34)38(3,4)19-13-20-39)29-15-17-30(18-16-29)36-37(44-22-11-8-12-23-44)33(41-5)14-9-6-7-10-21-42-36/h6-13,15-20,22,24-28,39-40H,5,14,21,23H2,1-4H3/b9-6-,10-7-,19-13-,32-24+,37-33-,39-20?,40-27?,42-36-. The van der Waals surface area contributed by atoms with Gasteiger partial charge in [0.25, 0.3) is 0 Å². The topological polar surface area (TPSA) is 88.5 Å². The highest BCUT2D eigenvalue weighted by Gasteiger charge is 2.23. The maximum Gasteiger partial charge on any atom is 0.0906 e. The van der Waals surface area contributed by atoms with Crippen molar-refractivity contribution in [3.8, 4) is 11.1 Å². The summed E-state index contributed by atoms with van der Waals surface area (Å²) in [6, 6.07) is 12.6. The Kier molecular flexibility index (Phi) is 10.9. The van der Waals surface area contributed by atoms with Crippen LogP contribution in [0.15, 0.2) is 125 Å². The first-order chi connectivity index (χ1) is 21.3. The van der Waals surface area contributed by atoms with Crippen LogP contribution in [0, 0.1) is 16.7 Å². The molecule has 44 heavy (non-hydrogen) atoms. The summed E-state index contributed by atoms with van der Waals surface area (Å²) in [4.78, 5) is 16.7. The van der Waals surface area contributed by atoms with E-state index in [2.05, 4.69) is 111 Å². The number of benzene rings is 1. The van der Waals surface area contributed by atoms with Crippen molar-refractivity contribution in [2.75, 3.05) is 13.1 Å². The average molecular weight is 583 g/mol. The van der Waals surface area contributed by atoms with E-state index in [1.165, 1.54) is 12.4 Å². The number of nitrogens with zero attached hydrogens (tertiary/aromatic N) is 4. The van der Waals surface area contributed by atoms with E-state index in [4.69, 9.17) is 20.8 Å². The minimum absolute atomic E-state index is 0.274. The third-order valence-corrected chi connectivity index (χ3v) is 7.39. The van der Waals surface area contributed by atoms with Gasteiger partial charge in [0.05, 0.1) is 35.0 Å². The molecule has 2 N–H and O–H groups in total. The van der Waals surface area contributed by atoms with Crippen molar-refractivity contribution >= 4 is 30.4 Å². The maximum atomic E-state index is 8.11. The second kappa shape index (κ2) is 15.0. The molecule has 3 heterocycles. The van der Waals surface area contributed by atoms with Crippen molar-refractivity contribution in [1.82, 2.24) is 9.88 Å². The lowest BCUT2D eigenvalue weighted by atomic mass is 9.86. The SMILES string of the molecule is C=N/C1=C(N2C=CC=CC2)/C(c2ccc(-c3cc(/C(C=N)=C/C(C)C)nc(C(C)(C)/C=C\C=N)c3)cc2)=N\C/C=C\C=C/C1. The molecule has 224 valence electrons. The van der Waals surface area contributed by atoms with E-state index in [9.17, 15) is 0 Å². The average Bonchev–Trinajstić information content (AvgIpc) is 3.04. The molecule has 1 aromatic carbocycles. The van der Waals surface area contributed by atoms with Gasteiger partial charge in [-0.05, 0) is 48.0 Å². The van der Waals surface area contributed by atoms with Crippen LogP contribution in [0.2, 0.25) is 0 Å². The Morgan fingerprint density at radius 3 is 2.36 bits per heavy atom. The Bertz CT molecular complexity index is 1620. The Hall–Kier alpha value is -4.97. The van der Waals surface area contributed by atoms with Crippen LogP contribution in [0.1, 0.15) is 51.1 Å². The number of allylic oxidation sites excluding steroid dienone is 10. The van der Waals surface area contributed by atoms with E-state index in [0.717, 1.165) is 57.3 Å². The number of aliphatic imine (C=N–C) groups is 2. The van der Waals surface area contributed by atoms with Crippen molar-refractivity contribution < 1.29 is 0 Å². The highest BCUT2D eigenvalue weighted by atomic mass is 15.1. The lowest BCUT2D eigenvalue weighted by Crippen LogP contribution is -2.26. The first kappa shape index (κ1) is 32.0. The van der Waals surface area contributed by atoms with Crippen molar-refractivity contribution in [3.05, 3.63) is 132 Å². The molecule has 0 spiro atoms. The number of hydrogen-bond acceptors (Lipinski definition) is 6. The van der Waals surface area contributed by atoms with Crippen molar-refractivity contribution in [2.24, 2.45) is 15.9 Å². The lowest BCUT2D eigenvalue weighted by Gasteiger charge is -2.27. The summed E-state index contributed by atoms with van der Waals surface area (Å²) in [6.45, 7) is 13.6. The molecule has 0 fully saturated rings. The molecule has 2 aliphatic heterocycles. The maximum absolute atomic E-state index is 8.11. The molecule has 6 nitrogen and oxygen atoms in total. The summed E-state index contributed by atoms with van der Waals surface area (Å²) < 4.78 is 0. The highest BCUT2D eigenvalue weighted by molar-refractivity contribution is 6.13. The summed E-state index contributed by atoms with van der Waals surface area (Å²) in [6.07, 6.45) is 25.6. The first-order valence-corrected chi connectivity index (χ1v) is 15.0. The van der Waals surface area contributed by atoms with Crippen molar-refractivity contribution in [2.45, 2.75) is 39.5 Å². The van der Waals surface area contributed by atoms with E-state index in [1.807, 2.05) is 30.4 Å². The van der Waals surface area contributed by atoms with Crippen molar-refractivity contribution in [1.29, 1.82) is 10.8 Å². The molecular weight excluding hydrogens is 540 g/mol. The van der Waals surface area contributed by atoms with Gasteiger partial charge in [-0.3, -0.25) is 15.0 Å². The fourth-order valence-corrected chi connectivity index (χ4v) is 5.09. The van der Waals surface area contributed by atoms with Crippen LogP contribution in [0.25, 0.3) is 16.7 Å². The van der Waals surface area contributed by atoms with Crippen LogP contribution in [-0.2, 0) is 5.41 Å². The van der Waals surface area contributed by atoms with E-state index in [1.54, 1.807) is 6.08 Å². The summed E-state index contributed by atoms with van der Waals surface area (Å²) in [7, 11) is 0. The molecule has 0 saturated carbocycles. The van der Waals surface area contributed by atoms with Crippen LogP contribution in [-0.4, -0.2) is 47.8 Å². The molecule has 0 amide bonds. The molecule has 4 rings (SSSR count). The van der Waals surface area contributed by atoms with Gasteiger partial charge in [-0.1, -0.05) is 101 Å². The highest BCUT2D eigenvalue weighted by Crippen LogP contribution is 2.32. The summed E-state index contributed by atoms with van der Waals surface area (Å²) in [5.41, 5.74) is 7.75. The normalized spacial score (nSPS) is 20.3. The predicted octanol–water partition coefficient (Wildman–Crippen LogP) is 8.52. The van der Waals surface area contributed by atoms with Crippen LogP contribution in [0.5, 0.6) is 0 Å². The third-order valence-electron chi connectivity index (χ3n) is 7.39. The fourth-order valence-electron chi connectivity index (χ4n) is 5.09. The Labute approximate surface area is 262 Å². The van der Waals surface area contributed by atoms with Crippen LogP contribution in [0.3, 0.4) is 0 Å². The number of hydrogen-bond donors (Lipinski definition) is 2. The van der Waals surface area contributed by atoms with Gasteiger partial charge in [0.1, 0.15) is 0 Å². The van der Waals surface area contributed by atoms with Crippen LogP contribution in [0.4, 0.5) is 0 Å². The second-order valence-corrected chi connectivity index (χ2v) is 11.6. The van der Waals surface area contributed by atoms with E-state index in [-0.39, 0.29) is 5.92 Å². The molecule has 0 radical (unpaired) electrons. The predicted molar refractivity (Wildman–Crippen MR) is 188 cm³/mol. The van der Waals surface area contributed by atoms with Gasteiger partial charge < -0.3 is 15.7 Å². The number of nitrogens with one attached hydrogen (secondary N) is 2. The summed E-state index contributed by atoms with van der Waals surface area (Å²) >= 11 is 0. The Balaban J connectivity index is 1.84. The van der Waals surface area contributed by atoms with Gasteiger partial charge in [0, 0.05) is 48.1 Å². The summed E-state index contributed by atoms with van der Waals surface area (Å²) in [5, 5.41) is 15.6. The zero-order chi connectivity index (χ0) is 31.5. The first-order valence-electron chi connectivity index (χ1n) is 15.0. The number of pyridine rings is 1. The van der Waals surface area contributed by atoms with Gasteiger partial charge >= 0.3 is 0 Å². The quantitative estimate of drug-likeness (QED) is 0.275. The molecular formula is C38H42N6. The minimum atomic E-state index is -0.413. The molecule has 0 atom stereocenters. The zero-order valence-corrected chi connectivity index (χ0v) is 26.2. The van der Waals surface area contributed by atoms with Crippen molar-refractivity contribution in [3.63, 3.8) is 0 Å². The fraction of sp³-hybridized carbons (Fsp3) is 0.237. The molecule has 1 aromatic heterocycles. The Morgan fingerprint density at radius 1 is 0.977 bits per heavy atom. The van der Waals surface area contributed by atoms with Gasteiger partial charge in [0.2, 0.25) is 0 Å². The van der Waals surface area contributed by atoms with E-state index in [0.29, 0.717) is 13.0 Å². The molecule has 2 aromatic rings. The molecule has 6 heteroatoms. The second-order valence-electron chi connectivity index (χ2n) is 11.6. The number of aromatic nitrogens is 1. The molecule has 2 aliphatic rings. The van der Waals surface area contributed by atoms with E-state index < -0.39 is 5.41 Å².